The average Bonchev–Trinajstić information content (AvgIpc) is 3.02. The van der Waals surface area contributed by atoms with E-state index in [1.54, 1.807) is 0 Å². The minimum absolute atomic E-state index is 0.0851. The second-order valence-electron chi connectivity index (χ2n) is 7.05. The minimum Gasteiger partial charge on any atom is -0.369 e. The van der Waals surface area contributed by atoms with Gasteiger partial charge in [0.2, 0.25) is 0 Å². The molecule has 0 spiro atoms. The van der Waals surface area contributed by atoms with E-state index in [4.69, 9.17) is 0 Å². The molecular weight excluding hydrogens is 324 g/mol. The molecule has 0 unspecified atom stereocenters. The van der Waals surface area contributed by atoms with Crippen LogP contribution < -0.4 is 10.2 Å². The number of piperazine rings is 1. The first-order valence-corrected chi connectivity index (χ1v) is 9.03. The Morgan fingerprint density at radius 2 is 1.73 bits per heavy atom. The highest BCUT2D eigenvalue weighted by molar-refractivity contribution is 6.06. The van der Waals surface area contributed by atoms with Crippen molar-refractivity contribution in [1.82, 2.24) is 9.88 Å². The second kappa shape index (κ2) is 6.84. The Kier molecular flexibility index (Phi) is 4.39. The van der Waals surface area contributed by atoms with E-state index in [9.17, 15) is 4.79 Å². The SMILES string of the molecule is Cc1cc2cc(C(=O)Nc3ccc(N4CCN(C)CC4)cc3)ccc2[nH]1. The normalized spacial score (nSPS) is 15.4. The maximum atomic E-state index is 12.6. The van der Waals surface area contributed by atoms with Gasteiger partial charge in [0.15, 0.2) is 0 Å². The minimum atomic E-state index is -0.0851. The quantitative estimate of drug-likeness (QED) is 0.762. The van der Waals surface area contributed by atoms with Crippen LogP contribution in [0.5, 0.6) is 0 Å². The summed E-state index contributed by atoms with van der Waals surface area (Å²) in [7, 11) is 2.15. The Hall–Kier alpha value is -2.79. The van der Waals surface area contributed by atoms with Gasteiger partial charge in [0.05, 0.1) is 0 Å². The molecule has 1 aliphatic rings. The molecule has 5 nitrogen and oxygen atoms in total. The third-order valence-electron chi connectivity index (χ3n) is 5.01. The van der Waals surface area contributed by atoms with Gasteiger partial charge >= 0.3 is 0 Å². The Bertz CT molecular complexity index is 921. The summed E-state index contributed by atoms with van der Waals surface area (Å²) in [5, 5.41) is 4.05. The standard InChI is InChI=1S/C21H24N4O/c1-15-13-17-14-16(3-8-20(17)22-15)21(26)23-18-4-6-19(7-5-18)25-11-9-24(2)10-12-25/h3-8,13-14,22H,9-12H2,1-2H3,(H,23,26). The number of benzene rings is 2. The Morgan fingerprint density at radius 3 is 2.46 bits per heavy atom. The van der Waals surface area contributed by atoms with Crippen molar-refractivity contribution in [2.75, 3.05) is 43.4 Å². The molecule has 0 radical (unpaired) electrons. The largest absolute Gasteiger partial charge is 0.369 e. The molecule has 1 fully saturated rings. The Morgan fingerprint density at radius 1 is 1.00 bits per heavy atom. The van der Waals surface area contributed by atoms with Gasteiger partial charge < -0.3 is 20.1 Å². The van der Waals surface area contributed by atoms with Gasteiger partial charge in [-0.2, -0.15) is 0 Å². The lowest BCUT2D eigenvalue weighted by Gasteiger charge is -2.34. The van der Waals surface area contributed by atoms with Crippen molar-refractivity contribution >= 4 is 28.2 Å². The summed E-state index contributed by atoms with van der Waals surface area (Å²) in [5.74, 6) is -0.0851. The number of carbonyl (C=O) groups is 1. The topological polar surface area (TPSA) is 51.4 Å². The number of amides is 1. The number of aromatic amines is 1. The van der Waals surface area contributed by atoms with Crippen LogP contribution in [0.25, 0.3) is 10.9 Å². The van der Waals surface area contributed by atoms with Crippen molar-refractivity contribution in [2.24, 2.45) is 0 Å². The number of carbonyl (C=O) groups excluding carboxylic acids is 1. The molecule has 4 rings (SSSR count). The third kappa shape index (κ3) is 3.44. The predicted molar refractivity (Wildman–Crippen MR) is 107 cm³/mol. The van der Waals surface area contributed by atoms with Crippen LogP contribution >= 0.6 is 0 Å². The van der Waals surface area contributed by atoms with Gasteiger partial charge in [0.1, 0.15) is 0 Å². The van der Waals surface area contributed by atoms with Crippen molar-refractivity contribution in [1.29, 1.82) is 0 Å². The maximum Gasteiger partial charge on any atom is 0.255 e. The zero-order chi connectivity index (χ0) is 18.1. The lowest BCUT2D eigenvalue weighted by molar-refractivity contribution is 0.102. The van der Waals surface area contributed by atoms with Crippen molar-refractivity contribution in [3.05, 3.63) is 59.8 Å². The monoisotopic (exact) mass is 348 g/mol. The lowest BCUT2D eigenvalue weighted by Crippen LogP contribution is -2.44. The molecule has 0 saturated carbocycles. The van der Waals surface area contributed by atoms with E-state index in [2.05, 4.69) is 45.3 Å². The maximum absolute atomic E-state index is 12.6. The first kappa shape index (κ1) is 16.7. The van der Waals surface area contributed by atoms with Gasteiger partial charge in [0.25, 0.3) is 5.91 Å². The summed E-state index contributed by atoms with van der Waals surface area (Å²) in [6.45, 7) is 6.26. The molecule has 1 amide bonds. The van der Waals surface area contributed by atoms with E-state index in [-0.39, 0.29) is 5.91 Å². The first-order valence-electron chi connectivity index (χ1n) is 9.03. The highest BCUT2D eigenvalue weighted by atomic mass is 16.1. The Balaban J connectivity index is 1.45. The number of fused-ring (bicyclic) bond motifs is 1. The summed E-state index contributed by atoms with van der Waals surface area (Å²) in [5.41, 5.74) is 4.84. The molecule has 134 valence electrons. The number of aromatic nitrogens is 1. The molecule has 0 bridgehead atoms. The van der Waals surface area contributed by atoms with Gasteiger partial charge in [-0.15, -0.1) is 0 Å². The number of likely N-dealkylation sites (N-methyl/N-ethyl adjacent to an activating group) is 1. The van der Waals surface area contributed by atoms with Crippen molar-refractivity contribution in [3.8, 4) is 0 Å². The number of rotatable bonds is 3. The van der Waals surface area contributed by atoms with E-state index in [0.29, 0.717) is 5.56 Å². The molecular formula is C21H24N4O. The van der Waals surface area contributed by atoms with E-state index < -0.39 is 0 Å². The van der Waals surface area contributed by atoms with Gasteiger partial charge in [-0.05, 0) is 62.5 Å². The molecule has 1 saturated heterocycles. The molecule has 1 aliphatic heterocycles. The summed E-state index contributed by atoms with van der Waals surface area (Å²) < 4.78 is 0. The summed E-state index contributed by atoms with van der Waals surface area (Å²) >= 11 is 0. The highest BCUT2D eigenvalue weighted by Crippen LogP contribution is 2.21. The van der Waals surface area contributed by atoms with Crippen molar-refractivity contribution in [2.45, 2.75) is 6.92 Å². The van der Waals surface area contributed by atoms with Gasteiger partial charge in [-0.3, -0.25) is 4.79 Å². The van der Waals surface area contributed by atoms with Crippen LogP contribution in [0.2, 0.25) is 0 Å². The van der Waals surface area contributed by atoms with Gasteiger partial charge in [-0.1, -0.05) is 0 Å². The molecule has 26 heavy (non-hydrogen) atoms. The van der Waals surface area contributed by atoms with E-state index in [0.717, 1.165) is 48.5 Å². The number of nitrogens with one attached hydrogen (secondary N) is 2. The zero-order valence-corrected chi connectivity index (χ0v) is 15.2. The Labute approximate surface area is 153 Å². The fraction of sp³-hybridized carbons (Fsp3) is 0.286. The smallest absolute Gasteiger partial charge is 0.255 e. The molecule has 2 N–H and O–H groups in total. The van der Waals surface area contributed by atoms with E-state index in [1.807, 2.05) is 37.3 Å². The second-order valence-corrected chi connectivity index (χ2v) is 7.05. The van der Waals surface area contributed by atoms with Gasteiger partial charge in [-0.25, -0.2) is 0 Å². The fourth-order valence-electron chi connectivity index (χ4n) is 3.44. The first-order chi connectivity index (χ1) is 12.6. The molecule has 5 heteroatoms. The predicted octanol–water partition coefficient (Wildman–Crippen LogP) is 3.48. The fourth-order valence-corrected chi connectivity index (χ4v) is 3.44. The number of aryl methyl sites for hydroxylation is 1. The van der Waals surface area contributed by atoms with Crippen LogP contribution in [-0.2, 0) is 0 Å². The highest BCUT2D eigenvalue weighted by Gasteiger charge is 2.14. The van der Waals surface area contributed by atoms with Gasteiger partial charge in [0, 0.05) is 59.7 Å². The zero-order valence-electron chi connectivity index (χ0n) is 15.2. The number of hydrogen-bond donors (Lipinski definition) is 2. The van der Waals surface area contributed by atoms with Crippen LogP contribution in [-0.4, -0.2) is 49.0 Å². The summed E-state index contributed by atoms with van der Waals surface area (Å²) in [6, 6.07) is 15.9. The van der Waals surface area contributed by atoms with E-state index in [1.165, 1.54) is 5.69 Å². The summed E-state index contributed by atoms with van der Waals surface area (Å²) in [4.78, 5) is 20.5. The molecule has 2 aromatic carbocycles. The van der Waals surface area contributed by atoms with Crippen LogP contribution in [0.15, 0.2) is 48.5 Å². The molecule has 3 aromatic rings. The van der Waals surface area contributed by atoms with Crippen molar-refractivity contribution < 1.29 is 4.79 Å². The average molecular weight is 348 g/mol. The number of hydrogen-bond acceptors (Lipinski definition) is 3. The number of anilines is 2. The van der Waals surface area contributed by atoms with Crippen LogP contribution in [0.4, 0.5) is 11.4 Å². The number of nitrogens with zero attached hydrogens (tertiary/aromatic N) is 2. The lowest BCUT2D eigenvalue weighted by atomic mass is 10.1. The van der Waals surface area contributed by atoms with Crippen LogP contribution in [0.3, 0.4) is 0 Å². The molecule has 2 heterocycles. The molecule has 0 aliphatic carbocycles. The molecule has 1 aromatic heterocycles. The van der Waals surface area contributed by atoms with Crippen LogP contribution in [0, 0.1) is 6.92 Å². The van der Waals surface area contributed by atoms with Crippen molar-refractivity contribution in [3.63, 3.8) is 0 Å². The summed E-state index contributed by atoms with van der Waals surface area (Å²) in [6.07, 6.45) is 0. The third-order valence-corrected chi connectivity index (χ3v) is 5.01. The van der Waals surface area contributed by atoms with Crippen LogP contribution in [0.1, 0.15) is 16.1 Å². The number of H-pyrrole nitrogens is 1. The van der Waals surface area contributed by atoms with E-state index >= 15 is 0 Å². The molecule has 0 atom stereocenters.